The maximum Gasteiger partial charge on any atom is 0.240 e. The highest BCUT2D eigenvalue weighted by Gasteiger charge is 2.25. The number of hydrogen-bond acceptors (Lipinski definition) is 4. The van der Waals surface area contributed by atoms with E-state index in [2.05, 4.69) is 24.3 Å². The first-order chi connectivity index (χ1) is 15.1. The lowest BCUT2D eigenvalue weighted by Crippen LogP contribution is -2.48. The van der Waals surface area contributed by atoms with Gasteiger partial charge >= 0.3 is 0 Å². The van der Waals surface area contributed by atoms with Crippen LogP contribution in [0.2, 0.25) is 0 Å². The second kappa shape index (κ2) is 11.6. The average Bonchev–Trinajstić information content (AvgIpc) is 2.79. The zero-order valence-electron chi connectivity index (χ0n) is 18.4. The molecule has 0 radical (unpaired) electrons. The molecular weight excluding hydrogens is 388 g/mol. The van der Waals surface area contributed by atoms with Crippen LogP contribution in [0.25, 0.3) is 10.8 Å². The van der Waals surface area contributed by atoms with E-state index in [0.717, 1.165) is 21.9 Å². The lowest BCUT2D eigenvalue weighted by atomic mass is 10.0. The van der Waals surface area contributed by atoms with Crippen LogP contribution in [0.4, 0.5) is 0 Å². The van der Waals surface area contributed by atoms with Crippen LogP contribution in [0.1, 0.15) is 25.0 Å². The predicted octanol–water partition coefficient (Wildman–Crippen LogP) is 4.14. The van der Waals surface area contributed by atoms with Gasteiger partial charge in [-0.05, 0) is 42.2 Å². The van der Waals surface area contributed by atoms with Crippen molar-refractivity contribution in [2.45, 2.75) is 39.1 Å². The van der Waals surface area contributed by atoms with Crippen LogP contribution in [0.5, 0.6) is 0 Å². The van der Waals surface area contributed by atoms with E-state index >= 15 is 0 Å². The summed E-state index contributed by atoms with van der Waals surface area (Å²) >= 11 is 0. The number of nitrogens with zero attached hydrogens (tertiary/aromatic N) is 1. The monoisotopic (exact) mass is 420 g/mol. The number of fused-ring (bicyclic) bond motifs is 1. The fourth-order valence-electron chi connectivity index (χ4n) is 3.76. The third kappa shape index (κ3) is 6.37. The summed E-state index contributed by atoms with van der Waals surface area (Å²) in [6.07, 6.45) is -0.00234. The molecule has 0 heterocycles. The molecule has 5 nitrogen and oxygen atoms in total. The fourth-order valence-corrected chi connectivity index (χ4v) is 3.76. The SMILES string of the molecule is CCOC(CN(Cc1cccc2ccccc12)C(=O)[C@@H](N)Cc1ccccc1)OCC. The van der Waals surface area contributed by atoms with Gasteiger partial charge in [0.25, 0.3) is 0 Å². The van der Waals surface area contributed by atoms with Crippen LogP contribution >= 0.6 is 0 Å². The molecule has 0 bridgehead atoms. The molecule has 0 aliphatic rings. The summed E-state index contributed by atoms with van der Waals surface area (Å²) < 4.78 is 11.5. The third-order valence-corrected chi connectivity index (χ3v) is 5.24. The smallest absolute Gasteiger partial charge is 0.240 e. The second-order valence-electron chi connectivity index (χ2n) is 7.49. The van der Waals surface area contributed by atoms with Crippen molar-refractivity contribution < 1.29 is 14.3 Å². The Morgan fingerprint density at radius 3 is 2.26 bits per heavy atom. The van der Waals surface area contributed by atoms with Crippen LogP contribution in [-0.2, 0) is 27.2 Å². The Labute approximate surface area is 184 Å². The summed E-state index contributed by atoms with van der Waals surface area (Å²) in [7, 11) is 0. The molecule has 1 atom stereocenters. The van der Waals surface area contributed by atoms with Gasteiger partial charge in [-0.15, -0.1) is 0 Å². The molecule has 1 amide bonds. The molecule has 0 saturated carbocycles. The molecule has 2 N–H and O–H groups in total. The number of carbonyl (C=O) groups excluding carboxylic acids is 1. The van der Waals surface area contributed by atoms with Gasteiger partial charge in [-0.25, -0.2) is 0 Å². The highest BCUT2D eigenvalue weighted by molar-refractivity contribution is 5.87. The fraction of sp³-hybridized carbons (Fsp3) is 0.346. The van der Waals surface area contributed by atoms with Crippen LogP contribution in [0.15, 0.2) is 72.8 Å². The predicted molar refractivity (Wildman–Crippen MR) is 125 cm³/mol. The lowest BCUT2D eigenvalue weighted by molar-refractivity contribution is -0.160. The van der Waals surface area contributed by atoms with Crippen LogP contribution in [-0.4, -0.2) is 42.9 Å². The summed E-state index contributed by atoms with van der Waals surface area (Å²) in [6, 6.07) is 23.6. The van der Waals surface area contributed by atoms with Crippen molar-refractivity contribution in [2.24, 2.45) is 5.73 Å². The van der Waals surface area contributed by atoms with E-state index in [9.17, 15) is 4.79 Å². The highest BCUT2D eigenvalue weighted by Crippen LogP contribution is 2.21. The summed E-state index contributed by atoms with van der Waals surface area (Å²) in [6.45, 7) is 5.63. The van der Waals surface area contributed by atoms with E-state index in [4.69, 9.17) is 15.2 Å². The molecule has 31 heavy (non-hydrogen) atoms. The van der Waals surface area contributed by atoms with E-state index < -0.39 is 12.3 Å². The Morgan fingerprint density at radius 1 is 0.903 bits per heavy atom. The minimum absolute atomic E-state index is 0.110. The van der Waals surface area contributed by atoms with Crippen molar-refractivity contribution in [3.63, 3.8) is 0 Å². The molecule has 0 aromatic heterocycles. The number of benzene rings is 3. The topological polar surface area (TPSA) is 64.8 Å². The zero-order chi connectivity index (χ0) is 22.1. The molecule has 3 aromatic rings. The van der Waals surface area contributed by atoms with Gasteiger partial charge in [0, 0.05) is 19.8 Å². The van der Waals surface area contributed by atoms with E-state index in [1.54, 1.807) is 4.90 Å². The molecule has 0 unspecified atom stereocenters. The number of rotatable bonds is 11. The van der Waals surface area contributed by atoms with Gasteiger partial charge in [0.2, 0.25) is 5.91 Å². The summed E-state index contributed by atoms with van der Waals surface area (Å²) in [5.74, 6) is -0.110. The summed E-state index contributed by atoms with van der Waals surface area (Å²) in [4.78, 5) is 15.2. The molecule has 0 aliphatic heterocycles. The highest BCUT2D eigenvalue weighted by atomic mass is 16.7. The van der Waals surface area contributed by atoms with Crippen molar-refractivity contribution in [2.75, 3.05) is 19.8 Å². The average molecular weight is 421 g/mol. The Kier molecular flexibility index (Phi) is 8.59. The van der Waals surface area contributed by atoms with E-state index in [1.165, 1.54) is 0 Å². The minimum atomic E-state index is -0.638. The number of nitrogens with two attached hydrogens (primary N) is 1. The molecule has 3 rings (SSSR count). The Bertz CT molecular complexity index is 950. The molecule has 0 spiro atoms. The first-order valence-corrected chi connectivity index (χ1v) is 10.9. The lowest BCUT2D eigenvalue weighted by Gasteiger charge is -2.30. The van der Waals surface area contributed by atoms with Gasteiger partial charge in [-0.1, -0.05) is 72.8 Å². The molecule has 0 fully saturated rings. The molecule has 5 heteroatoms. The molecular formula is C26H32N2O3. The second-order valence-corrected chi connectivity index (χ2v) is 7.49. The van der Waals surface area contributed by atoms with Crippen molar-refractivity contribution in [3.05, 3.63) is 83.9 Å². The number of hydrogen-bond donors (Lipinski definition) is 1. The zero-order valence-corrected chi connectivity index (χ0v) is 18.4. The van der Waals surface area contributed by atoms with Gasteiger partial charge in [0.15, 0.2) is 6.29 Å². The Balaban J connectivity index is 1.85. The maximum atomic E-state index is 13.4. The first kappa shape index (κ1) is 22.9. The maximum absolute atomic E-state index is 13.4. The van der Waals surface area contributed by atoms with Crippen LogP contribution in [0.3, 0.4) is 0 Å². The van der Waals surface area contributed by atoms with Crippen molar-refractivity contribution in [1.82, 2.24) is 4.90 Å². The van der Waals surface area contributed by atoms with Gasteiger partial charge in [0.05, 0.1) is 12.6 Å². The number of amides is 1. The van der Waals surface area contributed by atoms with Gasteiger partial charge in [-0.3, -0.25) is 4.79 Å². The standard InChI is InChI=1S/C26H32N2O3/c1-3-30-25(31-4-2)19-28(26(29)24(27)17-20-11-6-5-7-12-20)18-22-15-10-14-21-13-8-9-16-23(21)22/h5-16,24-25H,3-4,17-19,27H2,1-2H3/t24-/m0/s1. The van der Waals surface area contributed by atoms with E-state index in [0.29, 0.717) is 32.7 Å². The summed E-state index contributed by atoms with van der Waals surface area (Å²) in [5.41, 5.74) is 8.48. The molecule has 0 saturated heterocycles. The van der Waals surface area contributed by atoms with Crippen molar-refractivity contribution in [3.8, 4) is 0 Å². The van der Waals surface area contributed by atoms with Gasteiger partial charge < -0.3 is 20.1 Å². The third-order valence-electron chi connectivity index (χ3n) is 5.24. The normalized spacial score (nSPS) is 12.3. The molecule has 164 valence electrons. The number of ether oxygens (including phenoxy) is 2. The van der Waals surface area contributed by atoms with E-state index in [-0.39, 0.29) is 5.91 Å². The van der Waals surface area contributed by atoms with Gasteiger partial charge in [-0.2, -0.15) is 0 Å². The summed E-state index contributed by atoms with van der Waals surface area (Å²) in [5, 5.41) is 2.27. The molecule has 0 aliphatic carbocycles. The van der Waals surface area contributed by atoms with Crippen LogP contribution < -0.4 is 5.73 Å². The largest absolute Gasteiger partial charge is 0.351 e. The van der Waals surface area contributed by atoms with Crippen LogP contribution in [0, 0.1) is 0 Å². The van der Waals surface area contributed by atoms with E-state index in [1.807, 2.05) is 62.4 Å². The number of carbonyl (C=O) groups is 1. The van der Waals surface area contributed by atoms with Gasteiger partial charge in [0.1, 0.15) is 0 Å². The van der Waals surface area contributed by atoms with Crippen molar-refractivity contribution in [1.29, 1.82) is 0 Å². The quantitative estimate of drug-likeness (QED) is 0.474. The van der Waals surface area contributed by atoms with Crippen molar-refractivity contribution >= 4 is 16.7 Å². The Morgan fingerprint density at radius 2 is 1.55 bits per heavy atom. The minimum Gasteiger partial charge on any atom is -0.351 e. The Hall–Kier alpha value is -2.73. The first-order valence-electron chi connectivity index (χ1n) is 10.9. The molecule has 3 aromatic carbocycles.